The highest BCUT2D eigenvalue weighted by Gasteiger charge is 2.56. The maximum atomic E-state index is 2.54. The Hall–Kier alpha value is -1.60. The molecule has 4 aliphatic rings. The molecule has 0 radical (unpaired) electrons. The molecule has 0 aliphatic heterocycles. The average Bonchev–Trinajstić information content (AvgIpc) is 3.13. The molecular weight excluding hydrogens is 356 g/mol. The molecule has 0 saturated carbocycles. The van der Waals surface area contributed by atoms with E-state index in [1.54, 1.807) is 0 Å². The van der Waals surface area contributed by atoms with Crippen LogP contribution >= 0.6 is 11.3 Å². The minimum absolute atomic E-state index is 0.0771. The van der Waals surface area contributed by atoms with E-state index in [9.17, 15) is 0 Å². The van der Waals surface area contributed by atoms with Gasteiger partial charge in [0.1, 0.15) is 0 Å². The predicted molar refractivity (Wildman–Crippen MR) is 124 cm³/mol. The molecule has 3 unspecified atom stereocenters. The molecule has 0 amide bonds. The van der Waals surface area contributed by atoms with Crippen molar-refractivity contribution in [2.75, 3.05) is 0 Å². The summed E-state index contributed by atoms with van der Waals surface area (Å²) in [7, 11) is 0. The molecule has 146 valence electrons. The van der Waals surface area contributed by atoms with E-state index in [4.69, 9.17) is 0 Å². The van der Waals surface area contributed by atoms with Crippen LogP contribution in [-0.4, -0.2) is 0 Å². The Labute approximate surface area is 173 Å². The Bertz CT molecular complexity index is 1100. The molecule has 1 aromatic heterocycles. The lowest BCUT2D eigenvalue weighted by Gasteiger charge is -2.42. The fourth-order valence-electron chi connectivity index (χ4n) is 5.82. The fourth-order valence-corrected chi connectivity index (χ4v) is 6.99. The normalized spacial score (nSPS) is 34.9. The molecule has 0 spiro atoms. The lowest BCUT2D eigenvalue weighted by atomic mass is 9.60. The second kappa shape index (κ2) is 5.72. The first kappa shape index (κ1) is 18.4. The van der Waals surface area contributed by atoms with Crippen LogP contribution in [-0.2, 0) is 0 Å². The first-order chi connectivity index (χ1) is 13.2. The monoisotopic (exact) mass is 388 g/mol. The summed E-state index contributed by atoms with van der Waals surface area (Å²) in [6.45, 7) is 14.4. The van der Waals surface area contributed by atoms with Crippen LogP contribution in [0.5, 0.6) is 0 Å². The van der Waals surface area contributed by atoms with Gasteiger partial charge in [-0.05, 0) is 58.6 Å². The van der Waals surface area contributed by atoms with Crippen molar-refractivity contribution in [1.29, 1.82) is 0 Å². The zero-order valence-electron chi connectivity index (χ0n) is 18.1. The van der Waals surface area contributed by atoms with Gasteiger partial charge in [-0.1, -0.05) is 78.0 Å². The van der Waals surface area contributed by atoms with Gasteiger partial charge >= 0.3 is 0 Å². The van der Waals surface area contributed by atoms with Crippen LogP contribution in [0.3, 0.4) is 0 Å². The first-order valence-electron chi connectivity index (χ1n) is 10.9. The Morgan fingerprint density at radius 3 is 2.14 bits per heavy atom. The fraction of sp³-hybridized carbons (Fsp3) is 0.481. The van der Waals surface area contributed by atoms with Gasteiger partial charge in [-0.15, -0.1) is 11.3 Å². The largest absolute Gasteiger partial charge is 0.136 e. The SMILES string of the molecule is CC(C)C1(C)CC=c2sc3c(c2=CC1)C=C1C=CC2(C(C)C)C=CC(=C3)C12C. The van der Waals surface area contributed by atoms with E-state index in [1.165, 1.54) is 44.2 Å². The summed E-state index contributed by atoms with van der Waals surface area (Å²) < 4.78 is 1.48. The quantitative estimate of drug-likeness (QED) is 0.555. The van der Waals surface area contributed by atoms with E-state index in [0.29, 0.717) is 17.3 Å². The van der Waals surface area contributed by atoms with Crippen molar-refractivity contribution in [3.8, 4) is 0 Å². The summed E-state index contributed by atoms with van der Waals surface area (Å²) in [6.07, 6.45) is 22.2. The van der Waals surface area contributed by atoms with Gasteiger partial charge in [-0.2, -0.15) is 0 Å². The third-order valence-electron chi connectivity index (χ3n) is 8.60. The molecule has 4 aliphatic carbocycles. The third-order valence-corrected chi connectivity index (χ3v) is 9.77. The summed E-state index contributed by atoms with van der Waals surface area (Å²) in [5.41, 5.74) is 5.00. The number of rotatable bonds is 2. The molecule has 5 rings (SSSR count). The number of allylic oxidation sites excluding steroid dienone is 6. The molecule has 0 fully saturated rings. The molecule has 0 saturated heterocycles. The van der Waals surface area contributed by atoms with Gasteiger partial charge in [0.2, 0.25) is 0 Å². The van der Waals surface area contributed by atoms with Crippen molar-refractivity contribution < 1.29 is 0 Å². The van der Waals surface area contributed by atoms with Gasteiger partial charge in [0, 0.05) is 25.8 Å². The topological polar surface area (TPSA) is 0 Å². The van der Waals surface area contributed by atoms with E-state index in [0.717, 1.165) is 0 Å². The molecule has 0 nitrogen and oxygen atoms in total. The van der Waals surface area contributed by atoms with Crippen LogP contribution in [0.25, 0.3) is 24.3 Å². The highest BCUT2D eigenvalue weighted by atomic mass is 32.1. The molecule has 0 bridgehead atoms. The van der Waals surface area contributed by atoms with E-state index in [-0.39, 0.29) is 10.8 Å². The summed E-state index contributed by atoms with van der Waals surface area (Å²) >= 11 is 1.99. The van der Waals surface area contributed by atoms with Crippen LogP contribution in [0, 0.1) is 28.1 Å². The Morgan fingerprint density at radius 2 is 1.50 bits per heavy atom. The molecule has 1 aromatic rings. The van der Waals surface area contributed by atoms with E-state index >= 15 is 0 Å². The van der Waals surface area contributed by atoms with Gasteiger partial charge in [0.25, 0.3) is 0 Å². The minimum atomic E-state index is 0.0771. The lowest BCUT2D eigenvalue weighted by Crippen LogP contribution is -2.36. The van der Waals surface area contributed by atoms with E-state index in [1.807, 2.05) is 11.3 Å². The van der Waals surface area contributed by atoms with Gasteiger partial charge in [0.15, 0.2) is 0 Å². The van der Waals surface area contributed by atoms with Crippen molar-refractivity contribution in [1.82, 2.24) is 0 Å². The van der Waals surface area contributed by atoms with E-state index in [2.05, 4.69) is 90.2 Å². The van der Waals surface area contributed by atoms with Gasteiger partial charge in [-0.3, -0.25) is 0 Å². The number of hydrogen-bond donors (Lipinski definition) is 0. The Balaban J connectivity index is 1.73. The molecular formula is C27H32S. The smallest absolute Gasteiger partial charge is 0.0358 e. The number of fused-ring (bicyclic) bond motifs is 3. The molecule has 28 heavy (non-hydrogen) atoms. The zero-order valence-corrected chi connectivity index (χ0v) is 18.9. The van der Waals surface area contributed by atoms with Crippen molar-refractivity contribution in [2.45, 2.75) is 54.4 Å². The summed E-state index contributed by atoms with van der Waals surface area (Å²) in [5.74, 6) is 1.28. The molecule has 0 N–H and O–H groups in total. The van der Waals surface area contributed by atoms with Crippen molar-refractivity contribution in [3.05, 3.63) is 55.6 Å². The highest BCUT2D eigenvalue weighted by Crippen LogP contribution is 2.65. The van der Waals surface area contributed by atoms with Crippen LogP contribution in [0.15, 0.2) is 35.5 Å². The highest BCUT2D eigenvalue weighted by molar-refractivity contribution is 7.11. The predicted octanol–water partition coefficient (Wildman–Crippen LogP) is 6.33. The van der Waals surface area contributed by atoms with Crippen LogP contribution < -0.4 is 9.75 Å². The summed E-state index contributed by atoms with van der Waals surface area (Å²) in [5, 5.41) is 1.48. The van der Waals surface area contributed by atoms with Gasteiger partial charge in [0.05, 0.1) is 0 Å². The standard InChI is InChI=1S/C27H32S/c1-17(2)25(5)11-9-21-22-15-19-7-13-27(18(3)4)14-8-20(26(19,27)6)16-24(22)28-23(21)10-12-25/h7-10,13-18H,11-12H2,1-6H3. The second-order valence-corrected chi connectivity index (χ2v) is 11.4. The van der Waals surface area contributed by atoms with Crippen LogP contribution in [0.1, 0.15) is 64.8 Å². The van der Waals surface area contributed by atoms with Crippen molar-refractivity contribution in [3.63, 3.8) is 0 Å². The molecule has 1 heteroatoms. The molecule has 1 heterocycles. The summed E-state index contributed by atoms with van der Waals surface area (Å²) in [6, 6.07) is 0. The molecule has 3 atom stereocenters. The van der Waals surface area contributed by atoms with Crippen molar-refractivity contribution >= 4 is 35.6 Å². The number of hydrogen-bond acceptors (Lipinski definition) is 1. The van der Waals surface area contributed by atoms with Crippen molar-refractivity contribution in [2.24, 2.45) is 28.1 Å². The minimum Gasteiger partial charge on any atom is -0.136 e. The summed E-state index contributed by atoms with van der Waals surface area (Å²) in [4.78, 5) is 1.45. The maximum absolute atomic E-state index is 2.54. The Kier molecular flexibility index (Phi) is 3.77. The third kappa shape index (κ3) is 2.12. The first-order valence-corrected chi connectivity index (χ1v) is 11.7. The Morgan fingerprint density at radius 1 is 0.857 bits per heavy atom. The van der Waals surface area contributed by atoms with Crippen LogP contribution in [0.2, 0.25) is 0 Å². The van der Waals surface area contributed by atoms with Gasteiger partial charge in [-0.25, -0.2) is 0 Å². The average molecular weight is 389 g/mol. The lowest BCUT2D eigenvalue weighted by molar-refractivity contribution is 0.215. The second-order valence-electron chi connectivity index (χ2n) is 10.4. The van der Waals surface area contributed by atoms with Crippen LogP contribution in [0.4, 0.5) is 0 Å². The molecule has 0 aromatic carbocycles. The zero-order chi connectivity index (χ0) is 19.9. The van der Waals surface area contributed by atoms with E-state index < -0.39 is 0 Å². The maximum Gasteiger partial charge on any atom is 0.0358 e. The number of thiophene rings is 1. The van der Waals surface area contributed by atoms with Gasteiger partial charge < -0.3 is 0 Å².